The van der Waals surface area contributed by atoms with E-state index in [1.54, 1.807) is 7.11 Å². The van der Waals surface area contributed by atoms with Gasteiger partial charge in [-0.15, -0.1) is 0 Å². The van der Waals surface area contributed by atoms with Gasteiger partial charge in [0.1, 0.15) is 5.75 Å². The Morgan fingerprint density at radius 3 is 2.50 bits per heavy atom. The van der Waals surface area contributed by atoms with Gasteiger partial charge in [-0.05, 0) is 57.1 Å². The number of carbonyl (C=O) groups excluding carboxylic acids is 2. The van der Waals surface area contributed by atoms with Crippen LogP contribution >= 0.6 is 0 Å². The summed E-state index contributed by atoms with van der Waals surface area (Å²) in [5, 5.41) is 3.23. The Labute approximate surface area is 168 Å². The summed E-state index contributed by atoms with van der Waals surface area (Å²) in [6, 6.07) is 7.79. The summed E-state index contributed by atoms with van der Waals surface area (Å²) in [6.45, 7) is 4.81. The third-order valence-corrected chi connectivity index (χ3v) is 6.04. The van der Waals surface area contributed by atoms with Crippen LogP contribution < -0.4 is 10.1 Å². The number of piperidine rings is 1. The van der Waals surface area contributed by atoms with Gasteiger partial charge in [-0.25, -0.2) is 0 Å². The molecule has 3 rings (SSSR count). The van der Waals surface area contributed by atoms with E-state index in [2.05, 4.69) is 24.2 Å². The van der Waals surface area contributed by atoms with Crippen LogP contribution in [0.3, 0.4) is 0 Å². The molecule has 1 N–H and O–H groups in total. The largest absolute Gasteiger partial charge is 0.497 e. The number of rotatable bonds is 7. The predicted octanol–water partition coefficient (Wildman–Crippen LogP) is 2.60. The number of unbranched alkanes of at least 4 members (excludes halogenated alkanes) is 1. The molecule has 2 amide bonds. The first-order chi connectivity index (χ1) is 13.5. The fourth-order valence-corrected chi connectivity index (χ4v) is 4.29. The maximum atomic E-state index is 13.1. The first-order valence-electron chi connectivity index (χ1n) is 10.5. The molecule has 28 heavy (non-hydrogen) atoms. The van der Waals surface area contributed by atoms with Gasteiger partial charge in [0.2, 0.25) is 11.8 Å². The lowest BCUT2D eigenvalue weighted by atomic mass is 9.92. The lowest BCUT2D eigenvalue weighted by Gasteiger charge is -2.32. The average Bonchev–Trinajstić information content (AvgIpc) is 3.04. The molecule has 1 aromatic rings. The smallest absolute Gasteiger partial charge is 0.226 e. The summed E-state index contributed by atoms with van der Waals surface area (Å²) >= 11 is 0. The maximum absolute atomic E-state index is 13.1. The lowest BCUT2D eigenvalue weighted by molar-refractivity contribution is -0.129. The van der Waals surface area contributed by atoms with E-state index in [0.29, 0.717) is 13.0 Å². The molecule has 2 fully saturated rings. The quantitative estimate of drug-likeness (QED) is 0.781. The van der Waals surface area contributed by atoms with Crippen LogP contribution in [-0.4, -0.2) is 61.4 Å². The van der Waals surface area contributed by atoms with Crippen LogP contribution in [0.4, 0.5) is 0 Å². The number of carbonyl (C=O) groups is 2. The Bertz CT molecular complexity index is 668. The third-order valence-electron chi connectivity index (χ3n) is 6.04. The molecule has 0 saturated carbocycles. The fourth-order valence-electron chi connectivity index (χ4n) is 4.29. The molecular formula is C22H33N3O3. The highest BCUT2D eigenvalue weighted by Crippen LogP contribution is 2.39. The number of benzene rings is 1. The average molecular weight is 388 g/mol. The minimum Gasteiger partial charge on any atom is -0.497 e. The number of ether oxygens (including phenoxy) is 1. The van der Waals surface area contributed by atoms with Crippen LogP contribution in [0.15, 0.2) is 24.3 Å². The highest BCUT2D eigenvalue weighted by molar-refractivity contribution is 5.90. The van der Waals surface area contributed by atoms with Crippen molar-refractivity contribution >= 4 is 11.8 Å². The Hall–Kier alpha value is -2.08. The van der Waals surface area contributed by atoms with Crippen molar-refractivity contribution in [2.45, 2.75) is 51.1 Å². The van der Waals surface area contributed by atoms with Gasteiger partial charge in [0.25, 0.3) is 0 Å². The normalized spacial score (nSPS) is 23.8. The van der Waals surface area contributed by atoms with E-state index in [9.17, 15) is 9.59 Å². The van der Waals surface area contributed by atoms with Crippen molar-refractivity contribution in [3.05, 3.63) is 29.8 Å². The van der Waals surface area contributed by atoms with E-state index >= 15 is 0 Å². The Balaban J connectivity index is 1.78. The SMILES string of the molecule is CCCCN1C(=O)CC(C(=O)NC2CCN(C)CC2)C1c1ccc(OC)cc1. The summed E-state index contributed by atoms with van der Waals surface area (Å²) in [7, 11) is 3.75. The molecule has 2 atom stereocenters. The van der Waals surface area contributed by atoms with Crippen LogP contribution in [0.1, 0.15) is 50.6 Å². The second-order valence-corrected chi connectivity index (χ2v) is 8.06. The van der Waals surface area contributed by atoms with Gasteiger partial charge in [0, 0.05) is 19.0 Å². The molecular weight excluding hydrogens is 354 g/mol. The summed E-state index contributed by atoms with van der Waals surface area (Å²) in [4.78, 5) is 30.1. The number of nitrogens with zero attached hydrogens (tertiary/aromatic N) is 2. The Morgan fingerprint density at radius 2 is 1.89 bits per heavy atom. The number of amides is 2. The standard InChI is InChI=1S/C22H33N3O3/c1-4-5-12-25-20(26)15-19(21(25)16-6-8-18(28-3)9-7-16)22(27)23-17-10-13-24(2)14-11-17/h6-9,17,19,21H,4-5,10-15H2,1-3H3,(H,23,27). The van der Waals surface area contributed by atoms with E-state index in [-0.39, 0.29) is 29.8 Å². The van der Waals surface area contributed by atoms with Crippen LogP contribution in [0.5, 0.6) is 5.75 Å². The minimum atomic E-state index is -0.336. The molecule has 2 heterocycles. The molecule has 2 saturated heterocycles. The molecule has 6 nitrogen and oxygen atoms in total. The van der Waals surface area contributed by atoms with E-state index in [1.807, 2.05) is 29.2 Å². The maximum Gasteiger partial charge on any atom is 0.226 e. The van der Waals surface area contributed by atoms with Crippen molar-refractivity contribution in [1.29, 1.82) is 0 Å². The molecule has 0 spiro atoms. The minimum absolute atomic E-state index is 0.0164. The number of methoxy groups -OCH3 is 1. The van der Waals surface area contributed by atoms with E-state index in [0.717, 1.165) is 50.1 Å². The van der Waals surface area contributed by atoms with Gasteiger partial charge in [-0.2, -0.15) is 0 Å². The van der Waals surface area contributed by atoms with Crippen molar-refractivity contribution in [2.75, 3.05) is 33.8 Å². The summed E-state index contributed by atoms with van der Waals surface area (Å²) < 4.78 is 5.26. The van der Waals surface area contributed by atoms with E-state index < -0.39 is 0 Å². The van der Waals surface area contributed by atoms with E-state index in [4.69, 9.17) is 4.74 Å². The van der Waals surface area contributed by atoms with Gasteiger partial charge < -0.3 is 19.9 Å². The number of likely N-dealkylation sites (tertiary alicyclic amines) is 2. The molecule has 0 aliphatic carbocycles. The molecule has 2 aliphatic rings. The van der Waals surface area contributed by atoms with Gasteiger partial charge in [-0.1, -0.05) is 25.5 Å². The first kappa shape index (κ1) is 20.6. The van der Waals surface area contributed by atoms with E-state index in [1.165, 1.54) is 0 Å². The van der Waals surface area contributed by atoms with Crippen molar-refractivity contribution in [3.63, 3.8) is 0 Å². The zero-order chi connectivity index (χ0) is 20.1. The molecule has 2 unspecified atom stereocenters. The molecule has 2 aliphatic heterocycles. The topological polar surface area (TPSA) is 61.9 Å². The van der Waals surface area contributed by atoms with Gasteiger partial charge in [-0.3, -0.25) is 9.59 Å². The number of hydrogen-bond acceptors (Lipinski definition) is 4. The van der Waals surface area contributed by atoms with Crippen LogP contribution in [0.2, 0.25) is 0 Å². The van der Waals surface area contributed by atoms with Gasteiger partial charge in [0.05, 0.1) is 19.1 Å². The molecule has 154 valence electrons. The van der Waals surface area contributed by atoms with Crippen molar-refractivity contribution < 1.29 is 14.3 Å². The van der Waals surface area contributed by atoms with Crippen molar-refractivity contribution in [3.8, 4) is 5.75 Å². The highest BCUT2D eigenvalue weighted by Gasteiger charge is 2.44. The van der Waals surface area contributed by atoms with Crippen molar-refractivity contribution in [1.82, 2.24) is 15.1 Å². The van der Waals surface area contributed by atoms with Crippen LogP contribution in [-0.2, 0) is 9.59 Å². The molecule has 1 aromatic carbocycles. The Kier molecular flexibility index (Phi) is 6.94. The van der Waals surface area contributed by atoms with Crippen LogP contribution in [0, 0.1) is 5.92 Å². The van der Waals surface area contributed by atoms with Crippen LogP contribution in [0.25, 0.3) is 0 Å². The van der Waals surface area contributed by atoms with Gasteiger partial charge >= 0.3 is 0 Å². The second kappa shape index (κ2) is 9.41. The number of hydrogen-bond donors (Lipinski definition) is 1. The Morgan fingerprint density at radius 1 is 1.21 bits per heavy atom. The predicted molar refractivity (Wildman–Crippen MR) is 109 cm³/mol. The first-order valence-corrected chi connectivity index (χ1v) is 10.5. The summed E-state index contributed by atoms with van der Waals surface area (Å²) in [5.41, 5.74) is 1.01. The summed E-state index contributed by atoms with van der Waals surface area (Å²) in [6.07, 6.45) is 4.19. The lowest BCUT2D eigenvalue weighted by Crippen LogP contribution is -2.46. The zero-order valence-electron chi connectivity index (χ0n) is 17.3. The molecule has 0 aromatic heterocycles. The number of nitrogens with one attached hydrogen (secondary N) is 1. The molecule has 0 bridgehead atoms. The van der Waals surface area contributed by atoms with Crippen molar-refractivity contribution in [2.24, 2.45) is 5.92 Å². The molecule has 0 radical (unpaired) electrons. The fraction of sp³-hybridized carbons (Fsp3) is 0.636. The highest BCUT2D eigenvalue weighted by atomic mass is 16.5. The third kappa shape index (κ3) is 4.66. The molecule has 6 heteroatoms. The summed E-state index contributed by atoms with van der Waals surface area (Å²) in [5.74, 6) is 0.540. The second-order valence-electron chi connectivity index (χ2n) is 8.06. The van der Waals surface area contributed by atoms with Gasteiger partial charge in [0.15, 0.2) is 0 Å². The monoisotopic (exact) mass is 387 g/mol. The zero-order valence-corrected chi connectivity index (χ0v) is 17.3.